The first kappa shape index (κ1) is 18.0. The van der Waals surface area contributed by atoms with Gasteiger partial charge in [0, 0.05) is 22.8 Å². The summed E-state index contributed by atoms with van der Waals surface area (Å²) in [4.78, 5) is 30.9. The second-order valence-electron chi connectivity index (χ2n) is 6.64. The number of benzene rings is 1. The van der Waals surface area contributed by atoms with Crippen LogP contribution >= 0.6 is 23.1 Å². The Hall–Kier alpha value is -3.04. The maximum Gasteiger partial charge on any atom is 0.260 e. The first-order valence-electron chi connectivity index (χ1n) is 8.98. The van der Waals surface area contributed by atoms with E-state index in [1.165, 1.54) is 17.3 Å². The fourth-order valence-electron chi connectivity index (χ4n) is 3.21. The van der Waals surface area contributed by atoms with E-state index in [0.717, 1.165) is 20.8 Å². The van der Waals surface area contributed by atoms with Crippen molar-refractivity contribution in [2.24, 2.45) is 0 Å². The molecule has 4 aromatic heterocycles. The Bertz CT molecular complexity index is 1370. The van der Waals surface area contributed by atoms with Crippen molar-refractivity contribution in [1.29, 1.82) is 0 Å². The van der Waals surface area contributed by atoms with Gasteiger partial charge < -0.3 is 4.98 Å². The minimum Gasteiger partial charge on any atom is -0.309 e. The highest BCUT2D eigenvalue weighted by atomic mass is 32.2. The van der Waals surface area contributed by atoms with Crippen LogP contribution in [0.5, 0.6) is 0 Å². The van der Waals surface area contributed by atoms with Crippen molar-refractivity contribution in [3.63, 3.8) is 0 Å². The molecule has 0 unspecified atom stereocenters. The third-order valence-corrected chi connectivity index (χ3v) is 6.41. The molecule has 0 saturated carbocycles. The van der Waals surface area contributed by atoms with Crippen molar-refractivity contribution in [1.82, 2.24) is 29.5 Å². The molecule has 4 heterocycles. The predicted octanol–water partition coefficient (Wildman–Crippen LogP) is 4.00. The van der Waals surface area contributed by atoms with Gasteiger partial charge in [0.1, 0.15) is 10.7 Å². The lowest BCUT2D eigenvalue weighted by Gasteiger charge is -2.03. The van der Waals surface area contributed by atoms with Crippen LogP contribution in [0, 0.1) is 13.8 Å². The molecule has 0 amide bonds. The number of H-pyrrole nitrogens is 1. The third kappa shape index (κ3) is 3.32. The number of rotatable bonds is 4. The summed E-state index contributed by atoms with van der Waals surface area (Å²) >= 11 is 2.96. The van der Waals surface area contributed by atoms with E-state index in [4.69, 9.17) is 4.98 Å². The average Bonchev–Trinajstić information content (AvgIpc) is 3.27. The van der Waals surface area contributed by atoms with Crippen LogP contribution in [-0.4, -0.2) is 29.5 Å². The number of hydrogen-bond acceptors (Lipinski definition) is 7. The van der Waals surface area contributed by atoms with Crippen LogP contribution in [0.15, 0.2) is 52.7 Å². The van der Waals surface area contributed by atoms with E-state index in [2.05, 4.69) is 51.2 Å². The highest BCUT2D eigenvalue weighted by Gasteiger charge is 2.17. The molecular weight excluding hydrogens is 404 g/mol. The van der Waals surface area contributed by atoms with Gasteiger partial charge in [0.05, 0.1) is 11.1 Å². The Kier molecular flexibility index (Phi) is 4.40. The largest absolute Gasteiger partial charge is 0.309 e. The predicted molar refractivity (Wildman–Crippen MR) is 115 cm³/mol. The summed E-state index contributed by atoms with van der Waals surface area (Å²) < 4.78 is 1.62. The Balaban J connectivity index is 1.48. The molecule has 0 fully saturated rings. The van der Waals surface area contributed by atoms with E-state index in [9.17, 15) is 4.79 Å². The van der Waals surface area contributed by atoms with Crippen LogP contribution in [0.4, 0.5) is 0 Å². The van der Waals surface area contributed by atoms with E-state index < -0.39 is 0 Å². The van der Waals surface area contributed by atoms with Gasteiger partial charge in [-0.25, -0.2) is 14.5 Å². The van der Waals surface area contributed by atoms with Gasteiger partial charge in [-0.15, -0.1) is 16.4 Å². The number of nitrogens with one attached hydrogen (secondary N) is 1. The topological polar surface area (TPSA) is 88.8 Å². The summed E-state index contributed by atoms with van der Waals surface area (Å²) in [7, 11) is 0. The van der Waals surface area contributed by atoms with Gasteiger partial charge in [-0.3, -0.25) is 4.79 Å². The number of aryl methyl sites for hydroxylation is 2. The van der Waals surface area contributed by atoms with Crippen LogP contribution in [0.3, 0.4) is 0 Å². The molecule has 0 aliphatic rings. The number of aromatic amines is 1. The van der Waals surface area contributed by atoms with Crippen molar-refractivity contribution in [2.45, 2.75) is 24.8 Å². The molecule has 0 bridgehead atoms. The van der Waals surface area contributed by atoms with Gasteiger partial charge in [0.25, 0.3) is 11.3 Å². The van der Waals surface area contributed by atoms with Crippen molar-refractivity contribution >= 4 is 39.1 Å². The SMILES string of the molecule is Cc1ccc(-c2c(C)sc3nc(CSc4nc5ncccn5n4)[nH]c(=O)c23)cc1. The second kappa shape index (κ2) is 7.09. The molecule has 1 N–H and O–H groups in total. The van der Waals surface area contributed by atoms with E-state index in [1.54, 1.807) is 34.3 Å². The smallest absolute Gasteiger partial charge is 0.260 e. The lowest BCUT2D eigenvalue weighted by atomic mass is 10.0. The van der Waals surface area contributed by atoms with E-state index in [1.807, 2.05) is 6.92 Å². The Morgan fingerprint density at radius 2 is 2.00 bits per heavy atom. The zero-order valence-corrected chi connectivity index (χ0v) is 17.3. The quantitative estimate of drug-likeness (QED) is 0.442. The zero-order chi connectivity index (χ0) is 20.0. The van der Waals surface area contributed by atoms with Gasteiger partial charge in [-0.1, -0.05) is 41.6 Å². The number of fused-ring (bicyclic) bond motifs is 2. The molecule has 0 aliphatic carbocycles. The second-order valence-corrected chi connectivity index (χ2v) is 8.79. The summed E-state index contributed by atoms with van der Waals surface area (Å²) in [6.45, 7) is 4.08. The maximum atomic E-state index is 12.9. The molecule has 0 radical (unpaired) electrons. The third-order valence-electron chi connectivity index (χ3n) is 4.56. The van der Waals surface area contributed by atoms with Gasteiger partial charge in [0.15, 0.2) is 0 Å². The molecular formula is C20H16N6OS2. The minimum atomic E-state index is -0.116. The van der Waals surface area contributed by atoms with Gasteiger partial charge in [0.2, 0.25) is 5.16 Å². The first-order chi connectivity index (χ1) is 14.1. The number of thiophene rings is 1. The zero-order valence-electron chi connectivity index (χ0n) is 15.7. The first-order valence-corrected chi connectivity index (χ1v) is 10.8. The molecule has 29 heavy (non-hydrogen) atoms. The Morgan fingerprint density at radius 3 is 2.79 bits per heavy atom. The highest BCUT2D eigenvalue weighted by Crippen LogP contribution is 2.35. The van der Waals surface area contributed by atoms with E-state index >= 15 is 0 Å². The Morgan fingerprint density at radius 1 is 1.17 bits per heavy atom. The fraction of sp³-hybridized carbons (Fsp3) is 0.150. The molecule has 144 valence electrons. The summed E-state index contributed by atoms with van der Waals surface area (Å²) in [6, 6.07) is 10.0. The van der Waals surface area contributed by atoms with Crippen LogP contribution in [0.25, 0.3) is 27.1 Å². The summed E-state index contributed by atoms with van der Waals surface area (Å²) in [6.07, 6.45) is 3.47. The molecule has 0 spiro atoms. The number of aromatic nitrogens is 6. The minimum absolute atomic E-state index is 0.116. The number of nitrogens with zero attached hydrogens (tertiary/aromatic N) is 5. The molecule has 1 aromatic carbocycles. The summed E-state index contributed by atoms with van der Waals surface area (Å²) in [5.41, 5.74) is 3.07. The van der Waals surface area contributed by atoms with Crippen LogP contribution in [0.1, 0.15) is 16.3 Å². The van der Waals surface area contributed by atoms with Crippen LogP contribution in [-0.2, 0) is 5.75 Å². The standard InChI is InChI=1S/C20H16N6OS2/c1-11-4-6-13(7-5-11)15-12(2)29-18-16(15)17(27)22-14(23-18)10-28-20-24-19-21-8-3-9-26(19)25-20/h3-9H,10H2,1-2H3,(H,22,23,27). The molecule has 0 saturated heterocycles. The van der Waals surface area contributed by atoms with Gasteiger partial charge in [-0.05, 0) is 25.5 Å². The molecule has 0 aliphatic heterocycles. The number of hydrogen-bond donors (Lipinski definition) is 1. The van der Waals surface area contributed by atoms with Crippen molar-refractivity contribution < 1.29 is 0 Å². The molecule has 9 heteroatoms. The van der Waals surface area contributed by atoms with E-state index in [-0.39, 0.29) is 5.56 Å². The van der Waals surface area contributed by atoms with Gasteiger partial charge >= 0.3 is 0 Å². The molecule has 7 nitrogen and oxygen atoms in total. The van der Waals surface area contributed by atoms with Crippen molar-refractivity contribution in [2.75, 3.05) is 0 Å². The van der Waals surface area contributed by atoms with E-state index in [0.29, 0.717) is 27.9 Å². The molecule has 0 atom stereocenters. The van der Waals surface area contributed by atoms with Crippen LogP contribution in [0.2, 0.25) is 0 Å². The number of thioether (sulfide) groups is 1. The Labute approximate surface area is 173 Å². The highest BCUT2D eigenvalue weighted by molar-refractivity contribution is 7.98. The van der Waals surface area contributed by atoms with Crippen molar-refractivity contribution in [3.05, 3.63) is 69.3 Å². The molecule has 5 aromatic rings. The average molecular weight is 421 g/mol. The fourth-order valence-corrected chi connectivity index (χ4v) is 4.97. The van der Waals surface area contributed by atoms with Crippen molar-refractivity contribution in [3.8, 4) is 11.1 Å². The van der Waals surface area contributed by atoms with Crippen LogP contribution < -0.4 is 5.56 Å². The summed E-state index contributed by atoms with van der Waals surface area (Å²) in [5.74, 6) is 1.62. The lowest BCUT2D eigenvalue weighted by Crippen LogP contribution is -2.10. The summed E-state index contributed by atoms with van der Waals surface area (Å²) in [5, 5.41) is 5.61. The lowest BCUT2D eigenvalue weighted by molar-refractivity contribution is 0.878. The maximum absolute atomic E-state index is 12.9. The monoisotopic (exact) mass is 420 g/mol. The van der Waals surface area contributed by atoms with Gasteiger partial charge in [-0.2, -0.15) is 4.98 Å². The molecule has 5 rings (SSSR count). The normalized spacial score (nSPS) is 11.5.